The summed E-state index contributed by atoms with van der Waals surface area (Å²) in [5, 5.41) is 0. The van der Waals surface area contributed by atoms with Gasteiger partial charge in [0.2, 0.25) is 5.91 Å². The Labute approximate surface area is 118 Å². The fourth-order valence-corrected chi connectivity index (χ4v) is 3.27. The zero-order valence-electron chi connectivity index (χ0n) is 12.0. The number of alkyl halides is 3. The number of hydrogen-bond donors (Lipinski definition) is 0. The first kappa shape index (κ1) is 15.6. The number of hydrogen-bond acceptors (Lipinski definition) is 2. The van der Waals surface area contributed by atoms with E-state index < -0.39 is 18.5 Å². The molecule has 0 saturated carbocycles. The number of carbonyl (C=O) groups is 1. The highest BCUT2D eigenvalue weighted by Gasteiger charge is 2.36. The molecule has 0 spiro atoms. The molecular weight excluding hydrogens is 269 g/mol. The summed E-state index contributed by atoms with van der Waals surface area (Å²) >= 11 is 0. The zero-order valence-corrected chi connectivity index (χ0v) is 12.0. The number of rotatable bonds is 2. The Morgan fingerprint density at radius 3 is 2.40 bits per heavy atom. The Bertz CT molecular complexity index is 338. The lowest BCUT2D eigenvalue weighted by atomic mass is 9.91. The summed E-state index contributed by atoms with van der Waals surface area (Å²) in [7, 11) is 2.03. The summed E-state index contributed by atoms with van der Waals surface area (Å²) in [4.78, 5) is 16.3. The van der Waals surface area contributed by atoms with Gasteiger partial charge in [0.15, 0.2) is 0 Å². The van der Waals surface area contributed by atoms with Crippen molar-refractivity contribution in [2.24, 2.45) is 11.8 Å². The Morgan fingerprint density at radius 1 is 1.15 bits per heavy atom. The molecule has 116 valence electrons. The number of nitrogens with zero attached hydrogens (tertiary/aromatic N) is 2. The minimum Gasteiger partial charge on any atom is -0.342 e. The molecule has 1 atom stereocenters. The third-order valence-corrected chi connectivity index (χ3v) is 4.42. The Balaban J connectivity index is 1.86. The fraction of sp³-hybridized carbons (Fsp3) is 0.929. The molecule has 0 bridgehead atoms. The molecule has 6 heteroatoms. The lowest BCUT2D eigenvalue weighted by molar-refractivity contribution is -0.154. The molecule has 0 aromatic rings. The van der Waals surface area contributed by atoms with Crippen molar-refractivity contribution < 1.29 is 18.0 Å². The highest BCUT2D eigenvalue weighted by molar-refractivity contribution is 5.79. The molecule has 2 aliphatic heterocycles. The molecule has 1 amide bonds. The third kappa shape index (κ3) is 4.36. The molecule has 2 rings (SSSR count). The van der Waals surface area contributed by atoms with E-state index in [1.165, 1.54) is 0 Å². The number of piperidine rings is 2. The first-order valence-electron chi connectivity index (χ1n) is 7.39. The van der Waals surface area contributed by atoms with Crippen molar-refractivity contribution in [1.29, 1.82) is 0 Å². The largest absolute Gasteiger partial charge is 0.389 e. The van der Waals surface area contributed by atoms with Gasteiger partial charge in [-0.3, -0.25) is 4.79 Å². The van der Waals surface area contributed by atoms with Crippen LogP contribution in [0, 0.1) is 11.8 Å². The van der Waals surface area contributed by atoms with E-state index in [1.807, 2.05) is 7.05 Å². The van der Waals surface area contributed by atoms with E-state index in [-0.39, 0.29) is 18.4 Å². The standard InChI is InChI=1S/C14H23F3N2O/c1-18-7-4-12(5-8-18)13(20)19-6-2-3-11(10-19)9-14(15,16)17/h11-12H,2-10H2,1H3. The van der Waals surface area contributed by atoms with E-state index in [2.05, 4.69) is 4.90 Å². The summed E-state index contributed by atoms with van der Waals surface area (Å²) in [5.41, 5.74) is 0. The summed E-state index contributed by atoms with van der Waals surface area (Å²) < 4.78 is 37.4. The van der Waals surface area contributed by atoms with E-state index >= 15 is 0 Å². The second-order valence-corrected chi connectivity index (χ2v) is 6.19. The van der Waals surface area contributed by atoms with Gasteiger partial charge in [-0.05, 0) is 51.7 Å². The monoisotopic (exact) mass is 292 g/mol. The Morgan fingerprint density at radius 2 is 1.80 bits per heavy atom. The first-order chi connectivity index (χ1) is 9.35. The maximum Gasteiger partial charge on any atom is 0.389 e. The number of amides is 1. The molecular formula is C14H23F3N2O. The highest BCUT2D eigenvalue weighted by Crippen LogP contribution is 2.31. The lowest BCUT2D eigenvalue weighted by Gasteiger charge is -2.37. The van der Waals surface area contributed by atoms with Gasteiger partial charge >= 0.3 is 6.18 Å². The highest BCUT2D eigenvalue weighted by atomic mass is 19.4. The van der Waals surface area contributed by atoms with Gasteiger partial charge in [0.25, 0.3) is 0 Å². The van der Waals surface area contributed by atoms with Crippen molar-refractivity contribution in [2.45, 2.75) is 38.3 Å². The van der Waals surface area contributed by atoms with Crippen molar-refractivity contribution in [3.05, 3.63) is 0 Å². The van der Waals surface area contributed by atoms with Gasteiger partial charge in [-0.1, -0.05) is 0 Å². The van der Waals surface area contributed by atoms with Crippen LogP contribution in [0.2, 0.25) is 0 Å². The van der Waals surface area contributed by atoms with Gasteiger partial charge in [-0.15, -0.1) is 0 Å². The summed E-state index contributed by atoms with van der Waals surface area (Å²) in [6, 6.07) is 0. The normalized spacial score (nSPS) is 26.8. The molecule has 0 aliphatic carbocycles. The van der Waals surface area contributed by atoms with Crippen LogP contribution in [0.25, 0.3) is 0 Å². The molecule has 20 heavy (non-hydrogen) atoms. The van der Waals surface area contributed by atoms with Crippen LogP contribution in [0.4, 0.5) is 13.2 Å². The predicted octanol–water partition coefficient (Wildman–Crippen LogP) is 2.52. The van der Waals surface area contributed by atoms with Crippen LogP contribution in [0.3, 0.4) is 0 Å². The van der Waals surface area contributed by atoms with E-state index in [1.54, 1.807) is 4.90 Å². The van der Waals surface area contributed by atoms with Gasteiger partial charge in [0, 0.05) is 25.4 Å². The van der Waals surface area contributed by atoms with Crippen molar-refractivity contribution >= 4 is 5.91 Å². The number of carbonyl (C=O) groups excluding carboxylic acids is 1. The van der Waals surface area contributed by atoms with Crippen molar-refractivity contribution in [1.82, 2.24) is 9.80 Å². The van der Waals surface area contributed by atoms with Crippen LogP contribution in [-0.2, 0) is 4.79 Å². The molecule has 2 saturated heterocycles. The van der Waals surface area contributed by atoms with Crippen LogP contribution >= 0.6 is 0 Å². The Hall–Kier alpha value is -0.780. The molecule has 3 nitrogen and oxygen atoms in total. The van der Waals surface area contributed by atoms with Crippen LogP contribution < -0.4 is 0 Å². The molecule has 0 aromatic heterocycles. The summed E-state index contributed by atoms with van der Waals surface area (Å²) in [6.45, 7) is 2.71. The van der Waals surface area contributed by atoms with Gasteiger partial charge in [0.05, 0.1) is 0 Å². The summed E-state index contributed by atoms with van der Waals surface area (Å²) in [6.07, 6.45) is -1.95. The predicted molar refractivity (Wildman–Crippen MR) is 70.2 cm³/mol. The fourth-order valence-electron chi connectivity index (χ4n) is 3.27. The molecule has 2 heterocycles. The van der Waals surface area contributed by atoms with Crippen molar-refractivity contribution in [3.8, 4) is 0 Å². The van der Waals surface area contributed by atoms with Crippen molar-refractivity contribution in [3.63, 3.8) is 0 Å². The minimum atomic E-state index is -4.12. The minimum absolute atomic E-state index is 0.0100. The number of halogens is 3. The van der Waals surface area contributed by atoms with E-state index in [0.29, 0.717) is 19.4 Å². The second kappa shape index (κ2) is 6.33. The van der Waals surface area contributed by atoms with E-state index in [4.69, 9.17) is 0 Å². The van der Waals surface area contributed by atoms with Crippen LogP contribution in [0.5, 0.6) is 0 Å². The average Bonchev–Trinajstić information content (AvgIpc) is 2.37. The Kier molecular flexibility index (Phi) is 4.94. The van der Waals surface area contributed by atoms with E-state index in [0.717, 1.165) is 25.9 Å². The van der Waals surface area contributed by atoms with Crippen LogP contribution in [-0.4, -0.2) is 55.1 Å². The van der Waals surface area contributed by atoms with Crippen molar-refractivity contribution in [2.75, 3.05) is 33.2 Å². The number of likely N-dealkylation sites (tertiary alicyclic amines) is 2. The smallest absolute Gasteiger partial charge is 0.342 e. The van der Waals surface area contributed by atoms with Gasteiger partial charge in [-0.2, -0.15) is 13.2 Å². The lowest BCUT2D eigenvalue weighted by Crippen LogP contribution is -2.46. The molecule has 0 aromatic carbocycles. The SMILES string of the molecule is CN1CCC(C(=O)N2CCCC(CC(F)(F)F)C2)CC1. The molecule has 2 aliphatic rings. The second-order valence-electron chi connectivity index (χ2n) is 6.19. The molecule has 2 fully saturated rings. The topological polar surface area (TPSA) is 23.6 Å². The first-order valence-corrected chi connectivity index (χ1v) is 7.39. The molecule has 1 unspecified atom stereocenters. The summed E-state index contributed by atoms with van der Waals surface area (Å²) in [5.74, 6) is -0.334. The molecule has 0 N–H and O–H groups in total. The third-order valence-electron chi connectivity index (χ3n) is 4.42. The maximum atomic E-state index is 12.5. The van der Waals surface area contributed by atoms with Gasteiger partial charge in [0.1, 0.15) is 0 Å². The quantitative estimate of drug-likeness (QED) is 0.781. The maximum absolute atomic E-state index is 12.5. The zero-order chi connectivity index (χ0) is 14.8. The van der Waals surface area contributed by atoms with Gasteiger partial charge < -0.3 is 9.80 Å². The van der Waals surface area contributed by atoms with E-state index in [9.17, 15) is 18.0 Å². The molecule has 0 radical (unpaired) electrons. The average molecular weight is 292 g/mol. The van der Waals surface area contributed by atoms with Gasteiger partial charge in [-0.25, -0.2) is 0 Å². The van der Waals surface area contributed by atoms with Crippen LogP contribution in [0.15, 0.2) is 0 Å². The van der Waals surface area contributed by atoms with Crippen LogP contribution in [0.1, 0.15) is 32.1 Å².